The summed E-state index contributed by atoms with van der Waals surface area (Å²) in [4.78, 5) is 14.5. The number of benzene rings is 1. The van der Waals surface area contributed by atoms with Crippen molar-refractivity contribution in [2.45, 2.75) is 64.0 Å². The molecule has 0 radical (unpaired) electrons. The van der Waals surface area contributed by atoms with Crippen LogP contribution >= 0.6 is 0 Å². The van der Waals surface area contributed by atoms with Gasteiger partial charge in [0.05, 0.1) is 6.04 Å². The molecule has 0 aromatic heterocycles. The maximum Gasteiger partial charge on any atom is 0.237 e. The molecule has 2 N–H and O–H groups in total. The number of allylic oxidation sites excluding steroid dienone is 1. The second-order valence-corrected chi connectivity index (χ2v) is 7.77. The molecule has 0 saturated carbocycles. The van der Waals surface area contributed by atoms with Gasteiger partial charge in [0, 0.05) is 13.6 Å². The Labute approximate surface area is 178 Å². The molecule has 0 fully saturated rings. The molecular weight excluding hydrogens is 358 g/mol. The monoisotopic (exact) mass is 399 g/mol. The van der Waals surface area contributed by atoms with Crippen molar-refractivity contribution in [2.75, 3.05) is 27.7 Å². The highest BCUT2D eigenvalue weighted by atomic mass is 16.2. The van der Waals surface area contributed by atoms with Crippen molar-refractivity contribution in [3.8, 4) is 0 Å². The van der Waals surface area contributed by atoms with Crippen LogP contribution in [0.1, 0.15) is 61.6 Å². The summed E-state index contributed by atoms with van der Waals surface area (Å²) in [5, 5.41) is 6.00. The molecule has 1 aromatic carbocycles. The molecule has 29 heavy (non-hydrogen) atoms. The number of hydrogen-bond donors (Lipinski definition) is 2. The Morgan fingerprint density at radius 3 is 2.52 bits per heavy atom. The lowest BCUT2D eigenvalue weighted by Crippen LogP contribution is -2.43. The number of likely N-dealkylation sites (N-methyl/N-ethyl adjacent to an activating group) is 2. The molecule has 0 aliphatic carbocycles. The molecule has 0 heterocycles. The number of carbonyl (C=O) groups excluding carboxylic acids is 1. The third-order valence-electron chi connectivity index (χ3n) is 5.46. The van der Waals surface area contributed by atoms with E-state index in [2.05, 4.69) is 46.9 Å². The number of rotatable bonds is 16. The van der Waals surface area contributed by atoms with Crippen molar-refractivity contribution in [1.82, 2.24) is 15.5 Å². The van der Waals surface area contributed by atoms with Crippen molar-refractivity contribution in [3.05, 3.63) is 54.1 Å². The molecule has 1 rings (SSSR count). The van der Waals surface area contributed by atoms with Crippen molar-refractivity contribution in [2.24, 2.45) is 0 Å². The van der Waals surface area contributed by atoms with Gasteiger partial charge in [-0.15, -0.1) is 6.58 Å². The van der Waals surface area contributed by atoms with Gasteiger partial charge in [-0.2, -0.15) is 0 Å². The summed E-state index contributed by atoms with van der Waals surface area (Å²) in [7, 11) is 5.73. The minimum atomic E-state index is -0.156. The predicted molar refractivity (Wildman–Crippen MR) is 126 cm³/mol. The van der Waals surface area contributed by atoms with Crippen LogP contribution in [0.5, 0.6) is 0 Å². The van der Waals surface area contributed by atoms with Gasteiger partial charge >= 0.3 is 0 Å². The SMILES string of the molecule is C=CCCC(C(=O)NC)N(C)Cc1cc(CCCCCCCNC)ccc1C=C. The van der Waals surface area contributed by atoms with Crippen LogP contribution in [0.15, 0.2) is 37.4 Å². The van der Waals surface area contributed by atoms with Gasteiger partial charge in [0.15, 0.2) is 0 Å². The summed E-state index contributed by atoms with van der Waals surface area (Å²) >= 11 is 0. The molecule has 0 bridgehead atoms. The van der Waals surface area contributed by atoms with Crippen LogP contribution in [0.2, 0.25) is 0 Å². The fourth-order valence-electron chi connectivity index (χ4n) is 3.68. The van der Waals surface area contributed by atoms with Crippen molar-refractivity contribution in [3.63, 3.8) is 0 Å². The molecule has 0 spiro atoms. The molecule has 4 heteroatoms. The Morgan fingerprint density at radius 1 is 1.14 bits per heavy atom. The predicted octanol–water partition coefficient (Wildman–Crippen LogP) is 4.55. The van der Waals surface area contributed by atoms with Crippen molar-refractivity contribution < 1.29 is 4.79 Å². The molecule has 0 aliphatic rings. The molecule has 162 valence electrons. The number of carbonyl (C=O) groups is 1. The zero-order valence-electron chi connectivity index (χ0n) is 18.8. The highest BCUT2D eigenvalue weighted by Gasteiger charge is 2.22. The first-order valence-electron chi connectivity index (χ1n) is 11.0. The summed E-state index contributed by atoms with van der Waals surface area (Å²) in [6.07, 6.45) is 12.9. The summed E-state index contributed by atoms with van der Waals surface area (Å²) in [5.74, 6) is 0.0592. The first-order valence-corrected chi connectivity index (χ1v) is 11.0. The lowest BCUT2D eigenvalue weighted by Gasteiger charge is -2.27. The molecule has 0 saturated heterocycles. The van der Waals surface area contributed by atoms with E-state index in [1.807, 2.05) is 26.2 Å². The summed E-state index contributed by atoms with van der Waals surface area (Å²) < 4.78 is 0. The highest BCUT2D eigenvalue weighted by molar-refractivity contribution is 5.81. The minimum absolute atomic E-state index is 0.0592. The molecule has 4 nitrogen and oxygen atoms in total. The minimum Gasteiger partial charge on any atom is -0.358 e. The fraction of sp³-hybridized carbons (Fsp3) is 0.560. The molecule has 1 amide bonds. The molecule has 1 atom stereocenters. The van der Waals surface area contributed by atoms with Gasteiger partial charge in [0.2, 0.25) is 5.91 Å². The smallest absolute Gasteiger partial charge is 0.237 e. The van der Waals surface area contributed by atoms with Gasteiger partial charge < -0.3 is 10.6 Å². The summed E-state index contributed by atoms with van der Waals surface area (Å²) in [6.45, 7) is 9.60. The molecule has 1 unspecified atom stereocenters. The maximum absolute atomic E-state index is 12.3. The van der Waals surface area contributed by atoms with Crippen molar-refractivity contribution >= 4 is 12.0 Å². The molecular formula is C25H41N3O. The fourth-order valence-corrected chi connectivity index (χ4v) is 3.68. The van der Waals surface area contributed by atoms with Gasteiger partial charge in [-0.05, 0) is 69.4 Å². The van der Waals surface area contributed by atoms with Gasteiger partial charge in [0.1, 0.15) is 0 Å². The Bertz CT molecular complexity index is 626. The highest BCUT2D eigenvalue weighted by Crippen LogP contribution is 2.19. The Balaban J connectivity index is 2.70. The van der Waals surface area contributed by atoms with E-state index < -0.39 is 0 Å². The van der Waals surface area contributed by atoms with E-state index in [-0.39, 0.29) is 11.9 Å². The maximum atomic E-state index is 12.3. The van der Waals surface area contributed by atoms with E-state index in [9.17, 15) is 4.79 Å². The number of hydrogen-bond acceptors (Lipinski definition) is 3. The average Bonchev–Trinajstić information content (AvgIpc) is 2.73. The van der Waals surface area contributed by atoms with Crippen LogP contribution in [-0.2, 0) is 17.8 Å². The van der Waals surface area contributed by atoms with Crippen LogP contribution in [0.3, 0.4) is 0 Å². The lowest BCUT2D eigenvalue weighted by atomic mass is 9.98. The summed E-state index contributed by atoms with van der Waals surface area (Å²) in [6, 6.07) is 6.52. The summed E-state index contributed by atoms with van der Waals surface area (Å²) in [5.41, 5.74) is 3.75. The third kappa shape index (κ3) is 9.42. The number of nitrogens with one attached hydrogen (secondary N) is 2. The van der Waals surface area contributed by atoms with Crippen LogP contribution in [0, 0.1) is 0 Å². The Hall–Kier alpha value is -1.91. The molecule has 1 aromatic rings. The van der Waals surface area contributed by atoms with Gasteiger partial charge in [-0.25, -0.2) is 0 Å². The van der Waals surface area contributed by atoms with Gasteiger partial charge in [0.25, 0.3) is 0 Å². The number of nitrogens with zero attached hydrogens (tertiary/aromatic N) is 1. The number of aryl methyl sites for hydroxylation is 1. The normalized spacial score (nSPS) is 12.0. The second-order valence-electron chi connectivity index (χ2n) is 7.77. The zero-order chi connectivity index (χ0) is 21.5. The van der Waals surface area contributed by atoms with Crippen LogP contribution in [0.4, 0.5) is 0 Å². The van der Waals surface area contributed by atoms with Crippen LogP contribution in [-0.4, -0.2) is 44.5 Å². The van der Waals surface area contributed by atoms with E-state index in [4.69, 9.17) is 0 Å². The lowest BCUT2D eigenvalue weighted by molar-refractivity contribution is -0.125. The van der Waals surface area contributed by atoms with E-state index in [0.29, 0.717) is 0 Å². The first kappa shape index (κ1) is 25.1. The zero-order valence-corrected chi connectivity index (χ0v) is 18.8. The third-order valence-corrected chi connectivity index (χ3v) is 5.46. The number of unbranched alkanes of at least 4 members (excludes halogenated alkanes) is 4. The standard InChI is InChI=1S/C25H41N3O/c1-6-8-15-24(25(29)27-4)28(5)20-23-19-21(16-17-22(23)7-2)14-12-10-9-11-13-18-26-3/h6-7,16-17,19,24,26H,1-2,8-15,18,20H2,3-5H3,(H,27,29). The topological polar surface area (TPSA) is 44.4 Å². The van der Waals surface area contributed by atoms with Crippen molar-refractivity contribution in [1.29, 1.82) is 0 Å². The van der Waals surface area contributed by atoms with Crippen LogP contribution < -0.4 is 10.6 Å². The van der Waals surface area contributed by atoms with E-state index in [1.165, 1.54) is 43.2 Å². The Kier molecular flexibility index (Phi) is 13.0. The second kappa shape index (κ2) is 15.0. The quantitative estimate of drug-likeness (QED) is 0.316. The van der Waals surface area contributed by atoms with E-state index in [0.717, 1.165) is 37.9 Å². The van der Waals surface area contributed by atoms with Gasteiger partial charge in [-0.3, -0.25) is 9.69 Å². The molecule has 0 aliphatic heterocycles. The average molecular weight is 400 g/mol. The van der Waals surface area contributed by atoms with Crippen LogP contribution in [0.25, 0.3) is 6.08 Å². The number of amides is 1. The first-order chi connectivity index (χ1) is 14.1. The largest absolute Gasteiger partial charge is 0.358 e. The Morgan fingerprint density at radius 2 is 1.86 bits per heavy atom. The van der Waals surface area contributed by atoms with E-state index >= 15 is 0 Å². The van der Waals surface area contributed by atoms with Gasteiger partial charge in [-0.1, -0.05) is 56.2 Å². The van der Waals surface area contributed by atoms with E-state index in [1.54, 1.807) is 7.05 Å².